The number of hydrogen-bond donors (Lipinski definition) is 1. The number of carbonyl (C=O) groups is 2. The predicted molar refractivity (Wildman–Crippen MR) is 165 cm³/mol. The minimum Gasteiger partial charge on any atom is -0.497 e. The topological polar surface area (TPSA) is 96.0 Å². The van der Waals surface area contributed by atoms with Gasteiger partial charge < -0.3 is 15.0 Å². The molecule has 0 aliphatic heterocycles. The number of rotatable bonds is 11. The molecule has 9 heteroatoms. The second-order valence-corrected chi connectivity index (χ2v) is 13.0. The lowest BCUT2D eigenvalue weighted by molar-refractivity contribution is -0.139. The van der Waals surface area contributed by atoms with Gasteiger partial charge in [-0.15, -0.1) is 0 Å². The molecule has 1 N–H and O–H groups in total. The molecular weight excluding hydrogens is 550 g/mol. The smallest absolute Gasteiger partial charge is 0.264 e. The Labute approximate surface area is 249 Å². The first-order valence-electron chi connectivity index (χ1n) is 14.4. The summed E-state index contributed by atoms with van der Waals surface area (Å²) in [4.78, 5) is 29.1. The Kier molecular flexibility index (Phi) is 9.93. The van der Waals surface area contributed by atoms with Crippen LogP contribution in [0.15, 0.2) is 71.6 Å². The summed E-state index contributed by atoms with van der Waals surface area (Å²) in [6.07, 6.45) is 3.95. The zero-order valence-electron chi connectivity index (χ0n) is 25.1. The molecule has 0 aromatic heterocycles. The minimum atomic E-state index is -4.12. The van der Waals surface area contributed by atoms with Crippen LogP contribution in [0.25, 0.3) is 0 Å². The summed E-state index contributed by atoms with van der Waals surface area (Å²) in [5.41, 5.74) is 3.81. The number of ether oxygens (including phenoxy) is 1. The summed E-state index contributed by atoms with van der Waals surface area (Å²) in [7, 11) is -2.55. The zero-order valence-corrected chi connectivity index (χ0v) is 25.9. The standard InChI is InChI=1S/C33H41N3O5S/c1-23-13-16-30(17-14-23)42(39,40)36(31-18-15-24(2)19-25(31)3)22-32(37)35(21-27-9-8-12-29(20-27)41-5)26(4)33(38)34-28-10-6-7-11-28/h8-9,12-20,26,28H,6-7,10-11,21-22H2,1-5H3,(H,34,38). The van der Waals surface area contributed by atoms with Gasteiger partial charge in [0.2, 0.25) is 11.8 Å². The fourth-order valence-corrected chi connectivity index (χ4v) is 6.86. The third-order valence-electron chi connectivity index (χ3n) is 7.86. The van der Waals surface area contributed by atoms with Crippen molar-refractivity contribution in [1.82, 2.24) is 10.2 Å². The highest BCUT2D eigenvalue weighted by atomic mass is 32.2. The lowest BCUT2D eigenvalue weighted by Gasteiger charge is -2.33. The summed E-state index contributed by atoms with van der Waals surface area (Å²) in [6.45, 7) is 6.98. The molecule has 3 aromatic rings. The molecule has 0 bridgehead atoms. The normalized spacial score (nSPS) is 14.3. The van der Waals surface area contributed by atoms with Crippen LogP contribution >= 0.6 is 0 Å². The molecule has 3 aromatic carbocycles. The van der Waals surface area contributed by atoms with Crippen LogP contribution in [0.2, 0.25) is 0 Å². The van der Waals surface area contributed by atoms with E-state index in [0.29, 0.717) is 11.4 Å². The quantitative estimate of drug-likeness (QED) is 0.327. The van der Waals surface area contributed by atoms with Gasteiger partial charge in [0.15, 0.2) is 0 Å². The first-order chi connectivity index (χ1) is 20.0. The Hall–Kier alpha value is -3.85. The van der Waals surface area contributed by atoms with Crippen LogP contribution in [0.5, 0.6) is 5.75 Å². The van der Waals surface area contributed by atoms with E-state index in [9.17, 15) is 18.0 Å². The molecule has 1 saturated carbocycles. The van der Waals surface area contributed by atoms with Crippen molar-refractivity contribution in [1.29, 1.82) is 0 Å². The third-order valence-corrected chi connectivity index (χ3v) is 9.64. The Morgan fingerprint density at radius 3 is 2.26 bits per heavy atom. The van der Waals surface area contributed by atoms with E-state index in [1.165, 1.54) is 4.90 Å². The van der Waals surface area contributed by atoms with Crippen molar-refractivity contribution < 1.29 is 22.7 Å². The van der Waals surface area contributed by atoms with Crippen molar-refractivity contribution in [2.45, 2.75) is 76.9 Å². The SMILES string of the molecule is COc1cccc(CN(C(=O)CN(c2ccc(C)cc2C)S(=O)(=O)c2ccc(C)cc2)C(C)C(=O)NC2CCCC2)c1. The van der Waals surface area contributed by atoms with Crippen LogP contribution in [0.4, 0.5) is 5.69 Å². The maximum absolute atomic E-state index is 14.2. The molecule has 1 atom stereocenters. The number of nitrogens with zero attached hydrogens (tertiary/aromatic N) is 2. The molecule has 0 saturated heterocycles. The van der Waals surface area contributed by atoms with E-state index in [1.807, 2.05) is 57.2 Å². The van der Waals surface area contributed by atoms with Crippen molar-refractivity contribution >= 4 is 27.5 Å². The summed E-state index contributed by atoms with van der Waals surface area (Å²) < 4.78 is 34.7. The van der Waals surface area contributed by atoms with Gasteiger partial charge in [-0.1, -0.05) is 60.4 Å². The van der Waals surface area contributed by atoms with Crippen molar-refractivity contribution in [2.24, 2.45) is 0 Å². The Balaban J connectivity index is 1.72. The van der Waals surface area contributed by atoms with Gasteiger partial charge in [0.05, 0.1) is 17.7 Å². The van der Waals surface area contributed by atoms with E-state index >= 15 is 0 Å². The summed E-state index contributed by atoms with van der Waals surface area (Å²) >= 11 is 0. The molecule has 1 fully saturated rings. The van der Waals surface area contributed by atoms with Gasteiger partial charge in [-0.05, 0) is 82.0 Å². The van der Waals surface area contributed by atoms with Gasteiger partial charge in [0, 0.05) is 12.6 Å². The van der Waals surface area contributed by atoms with E-state index in [-0.39, 0.29) is 23.4 Å². The van der Waals surface area contributed by atoms with Gasteiger partial charge in [-0.2, -0.15) is 0 Å². The second kappa shape index (κ2) is 13.4. The van der Waals surface area contributed by atoms with Gasteiger partial charge in [-0.25, -0.2) is 8.42 Å². The average molecular weight is 592 g/mol. The van der Waals surface area contributed by atoms with Gasteiger partial charge in [0.1, 0.15) is 18.3 Å². The Morgan fingerprint density at radius 1 is 0.952 bits per heavy atom. The molecule has 42 heavy (non-hydrogen) atoms. The number of sulfonamides is 1. The van der Waals surface area contributed by atoms with Crippen molar-refractivity contribution in [2.75, 3.05) is 18.0 Å². The second-order valence-electron chi connectivity index (χ2n) is 11.2. The van der Waals surface area contributed by atoms with E-state index in [0.717, 1.165) is 52.2 Å². The molecule has 0 heterocycles. The van der Waals surface area contributed by atoms with Gasteiger partial charge >= 0.3 is 0 Å². The fourth-order valence-electron chi connectivity index (χ4n) is 5.38. The largest absolute Gasteiger partial charge is 0.497 e. The highest BCUT2D eigenvalue weighted by Gasteiger charge is 2.34. The number of carbonyl (C=O) groups excluding carboxylic acids is 2. The first-order valence-corrected chi connectivity index (χ1v) is 15.8. The number of hydrogen-bond acceptors (Lipinski definition) is 5. The first kappa shape index (κ1) is 31.1. The molecule has 224 valence electrons. The average Bonchev–Trinajstić information content (AvgIpc) is 3.48. The van der Waals surface area contributed by atoms with Crippen LogP contribution in [-0.4, -0.2) is 50.9 Å². The Bertz CT molecular complexity index is 1510. The summed E-state index contributed by atoms with van der Waals surface area (Å²) in [5, 5.41) is 3.09. The van der Waals surface area contributed by atoms with Crippen molar-refractivity contribution in [3.05, 3.63) is 89.0 Å². The summed E-state index contributed by atoms with van der Waals surface area (Å²) in [6, 6.07) is 18.6. The fraction of sp³-hybridized carbons (Fsp3) is 0.394. The lowest BCUT2D eigenvalue weighted by Crippen LogP contribution is -2.52. The van der Waals surface area contributed by atoms with E-state index < -0.39 is 28.5 Å². The van der Waals surface area contributed by atoms with Crippen LogP contribution in [0.3, 0.4) is 0 Å². The minimum absolute atomic E-state index is 0.0855. The number of anilines is 1. The highest BCUT2D eigenvalue weighted by Crippen LogP contribution is 2.29. The zero-order chi connectivity index (χ0) is 30.4. The van der Waals surface area contributed by atoms with Crippen LogP contribution < -0.4 is 14.4 Å². The van der Waals surface area contributed by atoms with E-state index in [2.05, 4.69) is 5.32 Å². The molecule has 1 unspecified atom stereocenters. The van der Waals surface area contributed by atoms with Crippen LogP contribution in [0, 0.1) is 20.8 Å². The number of methoxy groups -OCH3 is 1. The molecular formula is C33H41N3O5S. The lowest BCUT2D eigenvalue weighted by atomic mass is 10.1. The molecule has 2 amide bonds. The van der Waals surface area contributed by atoms with Gasteiger partial charge in [-0.3, -0.25) is 13.9 Å². The molecule has 1 aliphatic carbocycles. The Morgan fingerprint density at radius 2 is 1.62 bits per heavy atom. The predicted octanol–water partition coefficient (Wildman–Crippen LogP) is 5.29. The van der Waals surface area contributed by atoms with Crippen molar-refractivity contribution in [3.8, 4) is 5.75 Å². The van der Waals surface area contributed by atoms with E-state index in [4.69, 9.17) is 4.74 Å². The number of amides is 2. The monoisotopic (exact) mass is 591 g/mol. The van der Waals surface area contributed by atoms with Crippen LogP contribution in [0.1, 0.15) is 54.9 Å². The van der Waals surface area contributed by atoms with Gasteiger partial charge in [0.25, 0.3) is 10.0 Å². The molecule has 0 radical (unpaired) electrons. The molecule has 1 aliphatic rings. The molecule has 8 nitrogen and oxygen atoms in total. The third kappa shape index (κ3) is 7.31. The maximum atomic E-state index is 14.2. The summed E-state index contributed by atoms with van der Waals surface area (Å²) in [5.74, 6) is -0.109. The number of aryl methyl sites for hydroxylation is 3. The van der Waals surface area contributed by atoms with E-state index in [1.54, 1.807) is 44.4 Å². The van der Waals surface area contributed by atoms with Crippen LogP contribution in [-0.2, 0) is 26.2 Å². The molecule has 0 spiro atoms. The van der Waals surface area contributed by atoms with Crippen molar-refractivity contribution in [3.63, 3.8) is 0 Å². The number of benzene rings is 3. The number of nitrogens with one attached hydrogen (secondary N) is 1. The highest BCUT2D eigenvalue weighted by molar-refractivity contribution is 7.92. The maximum Gasteiger partial charge on any atom is 0.264 e. The molecule has 4 rings (SSSR count).